The molecule has 0 saturated carbocycles. The number of aromatic nitrogens is 2. The molecule has 0 aliphatic heterocycles. The summed E-state index contributed by atoms with van der Waals surface area (Å²) in [6.45, 7) is 1.80. The molecule has 0 radical (unpaired) electrons. The Morgan fingerprint density at radius 1 is 1.14 bits per heavy atom. The molecule has 0 aliphatic rings. The Morgan fingerprint density at radius 2 is 1.82 bits per heavy atom. The molecule has 2 aromatic carbocycles. The molecule has 0 spiro atoms. The molecule has 9 heteroatoms. The zero-order valence-electron chi connectivity index (χ0n) is 14.8. The number of amides is 1. The summed E-state index contributed by atoms with van der Waals surface area (Å²) < 4.78 is 60.0. The summed E-state index contributed by atoms with van der Waals surface area (Å²) in [6, 6.07) is 9.49. The lowest BCUT2D eigenvalue weighted by atomic mass is 10.2. The molecule has 1 aromatic heterocycles. The summed E-state index contributed by atoms with van der Waals surface area (Å²) in [6.07, 6.45) is -3.99. The molecular formula is C19H15F4N3O2. The van der Waals surface area contributed by atoms with Crippen molar-refractivity contribution < 1.29 is 27.1 Å². The molecule has 1 N–H and O–H groups in total. The van der Waals surface area contributed by atoms with E-state index in [0.717, 1.165) is 23.9 Å². The van der Waals surface area contributed by atoms with E-state index in [9.17, 15) is 22.4 Å². The molecule has 0 fully saturated rings. The van der Waals surface area contributed by atoms with Crippen molar-refractivity contribution in [2.45, 2.75) is 13.1 Å². The number of alkyl halides is 3. The quantitative estimate of drug-likeness (QED) is 0.659. The summed E-state index contributed by atoms with van der Waals surface area (Å²) in [4.78, 5) is 12.5. The molecule has 3 rings (SSSR count). The fraction of sp³-hybridized carbons (Fsp3) is 0.158. The Bertz CT molecular complexity index is 1010. The average molecular weight is 393 g/mol. The van der Waals surface area contributed by atoms with Crippen molar-refractivity contribution in [2.24, 2.45) is 0 Å². The SMILES string of the molecule is COc1cc(F)ccc1NC(=O)c1cnn(-c2ccc(C)cc2)c1C(F)(F)F. The minimum absolute atomic E-state index is 0.0205. The van der Waals surface area contributed by atoms with E-state index < -0.39 is 29.2 Å². The minimum atomic E-state index is -4.83. The highest BCUT2D eigenvalue weighted by molar-refractivity contribution is 6.05. The van der Waals surface area contributed by atoms with Gasteiger partial charge in [0.2, 0.25) is 0 Å². The van der Waals surface area contributed by atoms with E-state index in [1.807, 2.05) is 0 Å². The number of aryl methyl sites for hydroxylation is 1. The monoisotopic (exact) mass is 393 g/mol. The van der Waals surface area contributed by atoms with Gasteiger partial charge >= 0.3 is 6.18 Å². The molecule has 1 amide bonds. The largest absolute Gasteiger partial charge is 0.494 e. The van der Waals surface area contributed by atoms with Crippen LogP contribution >= 0.6 is 0 Å². The van der Waals surface area contributed by atoms with E-state index in [1.54, 1.807) is 19.1 Å². The van der Waals surface area contributed by atoms with Gasteiger partial charge in [0.15, 0.2) is 5.69 Å². The number of halogens is 4. The smallest absolute Gasteiger partial charge is 0.434 e. The number of methoxy groups -OCH3 is 1. The Kier molecular flexibility index (Phi) is 5.08. The molecule has 1 heterocycles. The zero-order chi connectivity index (χ0) is 20.5. The number of hydrogen-bond donors (Lipinski definition) is 1. The molecule has 0 bridgehead atoms. The van der Waals surface area contributed by atoms with Crippen LogP contribution in [0, 0.1) is 12.7 Å². The number of anilines is 1. The molecule has 0 atom stereocenters. The first-order valence-electron chi connectivity index (χ1n) is 8.08. The van der Waals surface area contributed by atoms with Crippen molar-refractivity contribution >= 4 is 11.6 Å². The van der Waals surface area contributed by atoms with Crippen LogP contribution in [0.25, 0.3) is 5.69 Å². The lowest BCUT2D eigenvalue weighted by molar-refractivity contribution is -0.143. The molecular weight excluding hydrogens is 378 g/mol. The zero-order valence-corrected chi connectivity index (χ0v) is 14.8. The van der Waals surface area contributed by atoms with Crippen LogP contribution in [0.4, 0.5) is 23.2 Å². The van der Waals surface area contributed by atoms with Crippen molar-refractivity contribution in [3.8, 4) is 11.4 Å². The summed E-state index contributed by atoms with van der Waals surface area (Å²) >= 11 is 0. The summed E-state index contributed by atoms with van der Waals surface area (Å²) in [5.74, 6) is -1.68. The first-order chi connectivity index (χ1) is 13.2. The summed E-state index contributed by atoms with van der Waals surface area (Å²) in [5.41, 5.74) is -0.818. The maximum atomic E-state index is 13.7. The van der Waals surface area contributed by atoms with Crippen LogP contribution in [0.5, 0.6) is 5.75 Å². The van der Waals surface area contributed by atoms with Gasteiger partial charge in [-0.2, -0.15) is 18.3 Å². The second kappa shape index (κ2) is 7.34. The lowest BCUT2D eigenvalue weighted by Crippen LogP contribution is -2.21. The van der Waals surface area contributed by atoms with Gasteiger partial charge in [0.1, 0.15) is 11.6 Å². The highest BCUT2D eigenvalue weighted by atomic mass is 19.4. The van der Waals surface area contributed by atoms with Crippen LogP contribution in [0.2, 0.25) is 0 Å². The number of carbonyl (C=O) groups is 1. The van der Waals surface area contributed by atoms with Gasteiger partial charge in [-0.3, -0.25) is 4.79 Å². The van der Waals surface area contributed by atoms with Crippen LogP contribution in [-0.4, -0.2) is 22.8 Å². The van der Waals surface area contributed by atoms with Gasteiger partial charge in [0.05, 0.1) is 30.2 Å². The summed E-state index contributed by atoms with van der Waals surface area (Å²) in [7, 11) is 1.25. The van der Waals surface area contributed by atoms with E-state index in [2.05, 4.69) is 10.4 Å². The van der Waals surface area contributed by atoms with Crippen molar-refractivity contribution in [1.29, 1.82) is 0 Å². The predicted molar refractivity (Wildman–Crippen MR) is 94.2 cm³/mol. The third-order valence-electron chi connectivity index (χ3n) is 3.97. The second-order valence-corrected chi connectivity index (χ2v) is 5.95. The molecule has 146 valence electrons. The predicted octanol–water partition coefficient (Wildman–Crippen LogP) is 4.60. The number of carbonyl (C=O) groups excluding carboxylic acids is 1. The highest BCUT2D eigenvalue weighted by Crippen LogP contribution is 2.34. The number of rotatable bonds is 4. The van der Waals surface area contributed by atoms with Crippen LogP contribution < -0.4 is 10.1 Å². The maximum absolute atomic E-state index is 13.7. The van der Waals surface area contributed by atoms with Crippen molar-refractivity contribution in [2.75, 3.05) is 12.4 Å². The van der Waals surface area contributed by atoms with E-state index in [1.165, 1.54) is 25.3 Å². The van der Waals surface area contributed by atoms with E-state index >= 15 is 0 Å². The fourth-order valence-electron chi connectivity index (χ4n) is 2.63. The molecule has 3 aromatic rings. The van der Waals surface area contributed by atoms with Crippen molar-refractivity contribution in [3.63, 3.8) is 0 Å². The topological polar surface area (TPSA) is 56.1 Å². The minimum Gasteiger partial charge on any atom is -0.494 e. The van der Waals surface area contributed by atoms with Crippen molar-refractivity contribution in [1.82, 2.24) is 9.78 Å². The normalized spacial score (nSPS) is 11.4. The Labute approximate surface area is 157 Å². The van der Waals surface area contributed by atoms with Gasteiger partial charge in [-0.25, -0.2) is 9.07 Å². The van der Waals surface area contributed by atoms with Gasteiger partial charge in [-0.15, -0.1) is 0 Å². The maximum Gasteiger partial charge on any atom is 0.434 e. The third-order valence-corrected chi connectivity index (χ3v) is 3.97. The van der Waals surface area contributed by atoms with Gasteiger partial charge in [0.25, 0.3) is 5.91 Å². The highest BCUT2D eigenvalue weighted by Gasteiger charge is 2.40. The number of benzene rings is 2. The van der Waals surface area contributed by atoms with Crippen molar-refractivity contribution in [3.05, 3.63) is 71.3 Å². The molecule has 0 unspecified atom stereocenters. The number of hydrogen-bond acceptors (Lipinski definition) is 3. The molecule has 0 saturated heterocycles. The van der Waals surface area contributed by atoms with Crippen LogP contribution in [0.15, 0.2) is 48.7 Å². The number of ether oxygens (including phenoxy) is 1. The summed E-state index contributed by atoms with van der Waals surface area (Å²) in [5, 5.41) is 6.05. The standard InChI is InChI=1S/C19H15F4N3O2/c1-11-3-6-13(7-4-11)26-17(19(21,22)23)14(10-24-26)18(27)25-15-8-5-12(20)9-16(15)28-2/h3-10H,1-2H3,(H,25,27). The van der Waals surface area contributed by atoms with Crippen LogP contribution in [0.3, 0.4) is 0 Å². The van der Waals surface area contributed by atoms with E-state index in [4.69, 9.17) is 4.74 Å². The average Bonchev–Trinajstić information content (AvgIpc) is 3.09. The first-order valence-corrected chi connectivity index (χ1v) is 8.08. The fourth-order valence-corrected chi connectivity index (χ4v) is 2.63. The number of nitrogens with zero attached hydrogens (tertiary/aromatic N) is 2. The molecule has 28 heavy (non-hydrogen) atoms. The third kappa shape index (κ3) is 3.83. The lowest BCUT2D eigenvalue weighted by Gasteiger charge is -2.14. The van der Waals surface area contributed by atoms with E-state index in [0.29, 0.717) is 4.68 Å². The Balaban J connectivity index is 2.02. The molecule has 5 nitrogen and oxygen atoms in total. The molecule has 0 aliphatic carbocycles. The second-order valence-electron chi connectivity index (χ2n) is 5.95. The van der Waals surface area contributed by atoms with Gasteiger partial charge in [0, 0.05) is 6.07 Å². The first kappa shape index (κ1) is 19.4. The Morgan fingerprint density at radius 3 is 2.43 bits per heavy atom. The van der Waals surface area contributed by atoms with Gasteiger partial charge in [-0.1, -0.05) is 17.7 Å². The number of nitrogens with one attached hydrogen (secondary N) is 1. The van der Waals surface area contributed by atoms with Crippen LogP contribution in [0.1, 0.15) is 21.6 Å². The van der Waals surface area contributed by atoms with Crippen LogP contribution in [-0.2, 0) is 6.18 Å². The Hall–Kier alpha value is -3.36. The van der Waals surface area contributed by atoms with Gasteiger partial charge < -0.3 is 10.1 Å². The van der Waals surface area contributed by atoms with Gasteiger partial charge in [-0.05, 0) is 31.2 Å². The van der Waals surface area contributed by atoms with E-state index in [-0.39, 0.29) is 17.1 Å².